The van der Waals surface area contributed by atoms with Crippen LogP contribution in [0.15, 0.2) is 12.4 Å². The minimum absolute atomic E-state index is 0.690. The average molecular weight is 236 g/mol. The first-order valence-corrected chi connectivity index (χ1v) is 6.83. The molecule has 0 aliphatic heterocycles. The van der Waals surface area contributed by atoms with Gasteiger partial charge in [-0.25, -0.2) is 0 Å². The summed E-state index contributed by atoms with van der Waals surface area (Å²) < 4.78 is 2.04. The minimum atomic E-state index is 0.690. The number of anilines is 1. The highest BCUT2D eigenvalue weighted by molar-refractivity contribution is 5.39. The van der Waals surface area contributed by atoms with Crippen molar-refractivity contribution in [3.63, 3.8) is 0 Å². The van der Waals surface area contributed by atoms with E-state index >= 15 is 0 Å². The van der Waals surface area contributed by atoms with Gasteiger partial charge in [-0.2, -0.15) is 5.10 Å². The Bertz CT molecular complexity index is 326. The number of hydrogen-bond donors (Lipinski definition) is 1. The summed E-state index contributed by atoms with van der Waals surface area (Å²) in [6.45, 7) is 8.70. The molecule has 1 aliphatic carbocycles. The van der Waals surface area contributed by atoms with Gasteiger partial charge in [-0.1, -0.05) is 13.8 Å². The first kappa shape index (κ1) is 12.4. The number of hydrogen-bond acceptors (Lipinski definition) is 3. The predicted molar refractivity (Wildman–Crippen MR) is 71.3 cm³/mol. The van der Waals surface area contributed by atoms with E-state index in [1.165, 1.54) is 24.9 Å². The Hall–Kier alpha value is -1.03. The standard InChI is InChI=1S/C13H24N4/c1-3-16(4-2)8-9-17-11-13(10-14-17)15-12-6-5-7-12/h10-12,15H,3-9H2,1-2H3. The smallest absolute Gasteiger partial charge is 0.0728 e. The van der Waals surface area contributed by atoms with Crippen LogP contribution in [0.25, 0.3) is 0 Å². The Morgan fingerprint density at radius 1 is 1.41 bits per heavy atom. The third kappa shape index (κ3) is 3.46. The van der Waals surface area contributed by atoms with Crippen molar-refractivity contribution in [1.82, 2.24) is 14.7 Å². The lowest BCUT2D eigenvalue weighted by atomic mass is 9.93. The monoisotopic (exact) mass is 236 g/mol. The zero-order valence-electron chi connectivity index (χ0n) is 11.0. The van der Waals surface area contributed by atoms with Gasteiger partial charge in [-0.3, -0.25) is 4.68 Å². The van der Waals surface area contributed by atoms with Crippen LogP contribution in [0.5, 0.6) is 0 Å². The molecule has 1 aliphatic rings. The van der Waals surface area contributed by atoms with Crippen molar-refractivity contribution in [2.75, 3.05) is 25.0 Å². The van der Waals surface area contributed by atoms with Crippen LogP contribution < -0.4 is 5.32 Å². The van der Waals surface area contributed by atoms with Gasteiger partial charge in [-0.05, 0) is 32.4 Å². The topological polar surface area (TPSA) is 33.1 Å². The van der Waals surface area contributed by atoms with E-state index in [2.05, 4.69) is 35.4 Å². The highest BCUT2D eigenvalue weighted by Crippen LogP contribution is 2.22. The third-order valence-electron chi connectivity index (χ3n) is 3.65. The van der Waals surface area contributed by atoms with Crippen LogP contribution in [0.4, 0.5) is 5.69 Å². The van der Waals surface area contributed by atoms with Crippen molar-refractivity contribution >= 4 is 5.69 Å². The second-order valence-electron chi connectivity index (χ2n) is 4.79. The van der Waals surface area contributed by atoms with Crippen molar-refractivity contribution < 1.29 is 0 Å². The van der Waals surface area contributed by atoms with Crippen molar-refractivity contribution in [3.05, 3.63) is 12.4 Å². The molecule has 4 nitrogen and oxygen atoms in total. The Balaban J connectivity index is 1.76. The fraction of sp³-hybridized carbons (Fsp3) is 0.769. The van der Waals surface area contributed by atoms with Crippen LogP contribution >= 0.6 is 0 Å². The molecule has 1 aromatic rings. The largest absolute Gasteiger partial charge is 0.380 e. The van der Waals surface area contributed by atoms with Gasteiger partial charge in [0, 0.05) is 18.8 Å². The molecule has 96 valence electrons. The van der Waals surface area contributed by atoms with Gasteiger partial charge >= 0.3 is 0 Å². The number of likely N-dealkylation sites (N-methyl/N-ethyl adjacent to an activating group) is 1. The van der Waals surface area contributed by atoms with Gasteiger partial charge in [0.25, 0.3) is 0 Å². The van der Waals surface area contributed by atoms with Crippen molar-refractivity contribution in [3.8, 4) is 0 Å². The average Bonchev–Trinajstić information content (AvgIpc) is 2.73. The zero-order valence-corrected chi connectivity index (χ0v) is 11.0. The zero-order chi connectivity index (χ0) is 12.1. The maximum absolute atomic E-state index is 4.40. The summed E-state index contributed by atoms with van der Waals surface area (Å²) >= 11 is 0. The van der Waals surface area contributed by atoms with E-state index < -0.39 is 0 Å². The van der Waals surface area contributed by atoms with Crippen LogP contribution in [-0.2, 0) is 6.54 Å². The second kappa shape index (κ2) is 6.05. The molecule has 1 saturated carbocycles. The van der Waals surface area contributed by atoms with Crippen LogP contribution in [-0.4, -0.2) is 40.4 Å². The predicted octanol–water partition coefficient (Wildman–Crippen LogP) is 2.19. The Labute approximate surface area is 104 Å². The van der Waals surface area contributed by atoms with E-state index in [0.29, 0.717) is 6.04 Å². The number of nitrogens with one attached hydrogen (secondary N) is 1. The van der Waals surface area contributed by atoms with E-state index in [0.717, 1.165) is 26.2 Å². The van der Waals surface area contributed by atoms with Crippen LogP contribution in [0.2, 0.25) is 0 Å². The molecule has 1 heterocycles. The molecule has 0 unspecified atom stereocenters. The van der Waals surface area contributed by atoms with Gasteiger partial charge in [0.15, 0.2) is 0 Å². The Morgan fingerprint density at radius 2 is 2.18 bits per heavy atom. The van der Waals surface area contributed by atoms with E-state index in [4.69, 9.17) is 0 Å². The summed E-state index contributed by atoms with van der Waals surface area (Å²) in [6, 6.07) is 0.690. The minimum Gasteiger partial charge on any atom is -0.380 e. The molecule has 0 bridgehead atoms. The summed E-state index contributed by atoms with van der Waals surface area (Å²) in [5.74, 6) is 0. The van der Waals surface area contributed by atoms with E-state index in [-0.39, 0.29) is 0 Å². The normalized spacial score (nSPS) is 16.2. The summed E-state index contributed by atoms with van der Waals surface area (Å²) in [7, 11) is 0. The maximum Gasteiger partial charge on any atom is 0.0728 e. The van der Waals surface area contributed by atoms with Crippen molar-refractivity contribution in [2.24, 2.45) is 0 Å². The summed E-state index contributed by atoms with van der Waals surface area (Å²) in [6.07, 6.45) is 8.06. The molecule has 0 aromatic carbocycles. The lowest BCUT2D eigenvalue weighted by Crippen LogP contribution is -2.27. The molecule has 0 spiro atoms. The second-order valence-corrected chi connectivity index (χ2v) is 4.79. The van der Waals surface area contributed by atoms with E-state index in [1.54, 1.807) is 0 Å². The fourth-order valence-electron chi connectivity index (χ4n) is 2.13. The molecular weight excluding hydrogens is 212 g/mol. The van der Waals surface area contributed by atoms with Crippen LogP contribution in [0.3, 0.4) is 0 Å². The summed E-state index contributed by atoms with van der Waals surface area (Å²) in [5.41, 5.74) is 1.18. The van der Waals surface area contributed by atoms with Gasteiger partial charge in [0.1, 0.15) is 0 Å². The van der Waals surface area contributed by atoms with Gasteiger partial charge in [0.05, 0.1) is 18.4 Å². The molecule has 1 fully saturated rings. The highest BCUT2D eigenvalue weighted by Gasteiger charge is 2.17. The number of rotatable bonds is 7. The molecule has 0 radical (unpaired) electrons. The lowest BCUT2D eigenvalue weighted by Gasteiger charge is -2.26. The van der Waals surface area contributed by atoms with E-state index in [9.17, 15) is 0 Å². The van der Waals surface area contributed by atoms with E-state index in [1.807, 2.05) is 10.9 Å². The third-order valence-corrected chi connectivity index (χ3v) is 3.65. The molecule has 1 aromatic heterocycles. The van der Waals surface area contributed by atoms with Gasteiger partial charge in [0.2, 0.25) is 0 Å². The number of nitrogens with zero attached hydrogens (tertiary/aromatic N) is 3. The number of aromatic nitrogens is 2. The molecule has 17 heavy (non-hydrogen) atoms. The first-order chi connectivity index (χ1) is 8.31. The molecule has 1 N–H and O–H groups in total. The molecule has 4 heteroatoms. The molecule has 2 rings (SSSR count). The molecule has 0 amide bonds. The van der Waals surface area contributed by atoms with Gasteiger partial charge in [-0.15, -0.1) is 0 Å². The SMILES string of the molecule is CCN(CC)CCn1cc(NC2CCC2)cn1. The van der Waals surface area contributed by atoms with Crippen LogP contribution in [0.1, 0.15) is 33.1 Å². The highest BCUT2D eigenvalue weighted by atomic mass is 15.3. The Kier molecular flexibility index (Phi) is 4.42. The van der Waals surface area contributed by atoms with Crippen molar-refractivity contribution in [1.29, 1.82) is 0 Å². The molecule has 0 atom stereocenters. The fourth-order valence-corrected chi connectivity index (χ4v) is 2.13. The maximum atomic E-state index is 4.40. The van der Waals surface area contributed by atoms with Crippen LogP contribution in [0, 0.1) is 0 Å². The lowest BCUT2D eigenvalue weighted by molar-refractivity contribution is 0.285. The first-order valence-electron chi connectivity index (χ1n) is 6.83. The van der Waals surface area contributed by atoms with Gasteiger partial charge < -0.3 is 10.2 Å². The van der Waals surface area contributed by atoms with Crippen molar-refractivity contribution in [2.45, 2.75) is 45.7 Å². The molecule has 0 saturated heterocycles. The molecular formula is C13H24N4. The Morgan fingerprint density at radius 3 is 2.76 bits per heavy atom. The summed E-state index contributed by atoms with van der Waals surface area (Å²) in [5, 5.41) is 7.91. The quantitative estimate of drug-likeness (QED) is 0.788. The summed E-state index contributed by atoms with van der Waals surface area (Å²) in [4.78, 5) is 2.42.